The number of ether oxygens (including phenoxy) is 2. The molecule has 1 saturated heterocycles. The third-order valence-corrected chi connectivity index (χ3v) is 5.22. The number of epoxide rings is 1. The summed E-state index contributed by atoms with van der Waals surface area (Å²) in [5, 5.41) is 20.2. The van der Waals surface area contributed by atoms with Gasteiger partial charge in [-0.05, 0) is 46.1 Å². The second kappa shape index (κ2) is 9.37. The molecule has 0 radical (unpaired) electrons. The van der Waals surface area contributed by atoms with Crippen molar-refractivity contribution in [3.63, 3.8) is 0 Å². The molecule has 1 aliphatic heterocycles. The van der Waals surface area contributed by atoms with Crippen LogP contribution in [0.3, 0.4) is 0 Å². The van der Waals surface area contributed by atoms with E-state index >= 15 is 0 Å². The number of unbranched alkanes of at least 4 members (excludes halogenated alkanes) is 3. The molecule has 2 rings (SSSR count). The highest BCUT2D eigenvalue weighted by atomic mass is 16.6. The molecule has 0 bridgehead atoms. The van der Waals surface area contributed by atoms with E-state index in [1.807, 2.05) is 6.08 Å². The van der Waals surface area contributed by atoms with Crippen LogP contribution in [-0.4, -0.2) is 52.0 Å². The zero-order valence-corrected chi connectivity index (χ0v) is 18.2. The number of hydrogen-bond donors (Lipinski definition) is 2. The summed E-state index contributed by atoms with van der Waals surface area (Å²) in [5.74, 6) is -0.700. The lowest BCUT2D eigenvalue weighted by atomic mass is 9.79. The lowest BCUT2D eigenvalue weighted by molar-refractivity contribution is -0.149. The highest BCUT2D eigenvalue weighted by Gasteiger charge is 2.67. The molecule has 29 heavy (non-hydrogen) atoms. The Labute approximate surface area is 173 Å². The maximum absolute atomic E-state index is 13.1. The summed E-state index contributed by atoms with van der Waals surface area (Å²) in [5.41, 5.74) is -0.778. The Morgan fingerprint density at radius 1 is 1.31 bits per heavy atom. The fourth-order valence-corrected chi connectivity index (χ4v) is 3.49. The topological polar surface area (TPSA) is 96.4 Å². The Morgan fingerprint density at radius 2 is 2.00 bits per heavy atom. The monoisotopic (exact) mass is 406 g/mol. The molecule has 1 fully saturated rings. The van der Waals surface area contributed by atoms with Crippen molar-refractivity contribution in [1.29, 1.82) is 0 Å². The first-order chi connectivity index (χ1) is 13.6. The predicted molar refractivity (Wildman–Crippen MR) is 110 cm³/mol. The highest BCUT2D eigenvalue weighted by molar-refractivity contribution is 6.08. The van der Waals surface area contributed by atoms with Crippen LogP contribution in [0.15, 0.2) is 34.9 Å². The second-order valence-corrected chi connectivity index (χ2v) is 8.79. The van der Waals surface area contributed by atoms with Crippen molar-refractivity contribution in [3.8, 4) is 0 Å². The van der Waals surface area contributed by atoms with Crippen molar-refractivity contribution < 1.29 is 29.3 Å². The van der Waals surface area contributed by atoms with Crippen molar-refractivity contribution in [3.05, 3.63) is 34.9 Å². The smallest absolute Gasteiger partial charge is 0.333 e. The van der Waals surface area contributed by atoms with Crippen LogP contribution in [0, 0.1) is 0 Å². The lowest BCUT2D eigenvalue weighted by Gasteiger charge is -2.24. The number of aliphatic hydroxyl groups is 2. The first-order valence-corrected chi connectivity index (χ1v) is 10.4. The van der Waals surface area contributed by atoms with Gasteiger partial charge in [0.15, 0.2) is 11.4 Å². The van der Waals surface area contributed by atoms with Gasteiger partial charge < -0.3 is 19.7 Å². The second-order valence-electron chi connectivity index (χ2n) is 8.79. The molecule has 0 saturated carbocycles. The van der Waals surface area contributed by atoms with E-state index in [0.717, 1.165) is 25.7 Å². The molecule has 0 unspecified atom stereocenters. The first-order valence-electron chi connectivity index (χ1n) is 10.4. The fourth-order valence-electron chi connectivity index (χ4n) is 3.49. The molecule has 0 aromatic rings. The van der Waals surface area contributed by atoms with Crippen molar-refractivity contribution in [2.45, 2.75) is 90.1 Å². The van der Waals surface area contributed by atoms with Gasteiger partial charge in [0, 0.05) is 17.6 Å². The van der Waals surface area contributed by atoms with Gasteiger partial charge >= 0.3 is 5.97 Å². The molecule has 1 aliphatic carbocycles. The van der Waals surface area contributed by atoms with Gasteiger partial charge in [0.25, 0.3) is 0 Å². The molecule has 1 heterocycles. The number of fused-ring (bicyclic) bond motifs is 1. The predicted octanol–water partition coefficient (Wildman–Crippen LogP) is 3.17. The zero-order chi connectivity index (χ0) is 21.8. The summed E-state index contributed by atoms with van der Waals surface area (Å²) in [4.78, 5) is 25.3. The average molecular weight is 407 g/mol. The third kappa shape index (κ3) is 5.44. The quantitative estimate of drug-likeness (QED) is 0.264. The van der Waals surface area contributed by atoms with Crippen LogP contribution in [0.2, 0.25) is 0 Å². The maximum atomic E-state index is 13.1. The van der Waals surface area contributed by atoms with Gasteiger partial charge in [0.2, 0.25) is 0 Å². The van der Waals surface area contributed by atoms with Crippen LogP contribution in [0.25, 0.3) is 0 Å². The summed E-state index contributed by atoms with van der Waals surface area (Å²) >= 11 is 0. The molecule has 2 aliphatic rings. The molecule has 0 spiro atoms. The SMILES string of the molecule is CCCCC/C=C/C1=C(CO)[C@@H](O)[C@H]2O[C@@]2(C/C=C(\C)C(=O)OC(C)(C)C)C1=O. The minimum atomic E-state index is -1.18. The number of allylic oxidation sites excluding steroid dienone is 2. The van der Waals surface area contributed by atoms with Gasteiger partial charge in [-0.15, -0.1) is 0 Å². The van der Waals surface area contributed by atoms with E-state index in [1.165, 1.54) is 0 Å². The molecule has 0 aromatic carbocycles. The summed E-state index contributed by atoms with van der Waals surface area (Å²) in [6.45, 7) is 8.73. The summed E-state index contributed by atoms with van der Waals surface area (Å²) in [6.07, 6.45) is 7.73. The average Bonchev–Trinajstić information content (AvgIpc) is 3.38. The standard InChI is InChI=1S/C23H34O6/c1-6-7-8-9-10-11-16-17(14-24)18(25)20-23(28-20,19(16)26)13-12-15(2)21(27)29-22(3,4)5/h10-12,18,20,24-25H,6-9,13-14H2,1-5H3/b11-10+,15-12+/t18-,20-,23+/m1/s1. The van der Waals surface area contributed by atoms with Crippen LogP contribution in [0.5, 0.6) is 0 Å². The number of carbonyl (C=O) groups excluding carboxylic acids is 2. The van der Waals surface area contributed by atoms with Crippen molar-refractivity contribution in [1.82, 2.24) is 0 Å². The van der Waals surface area contributed by atoms with E-state index in [2.05, 4.69) is 6.92 Å². The van der Waals surface area contributed by atoms with E-state index < -0.39 is 36.0 Å². The normalized spacial score (nSPS) is 27.4. The van der Waals surface area contributed by atoms with E-state index in [-0.39, 0.29) is 12.2 Å². The Morgan fingerprint density at radius 3 is 2.59 bits per heavy atom. The molecule has 3 atom stereocenters. The maximum Gasteiger partial charge on any atom is 0.333 e. The van der Waals surface area contributed by atoms with Gasteiger partial charge in [-0.25, -0.2) is 4.79 Å². The Kier molecular flexibility index (Phi) is 7.60. The minimum absolute atomic E-state index is 0.171. The van der Waals surface area contributed by atoms with Crippen molar-refractivity contribution in [2.24, 2.45) is 0 Å². The Bertz CT molecular complexity index is 724. The van der Waals surface area contributed by atoms with Crippen molar-refractivity contribution >= 4 is 11.8 Å². The van der Waals surface area contributed by atoms with Gasteiger partial charge in [0.1, 0.15) is 17.8 Å². The lowest BCUT2D eigenvalue weighted by Crippen LogP contribution is -2.40. The number of Topliss-reactive ketones (excluding diaryl/α,β-unsaturated/α-hetero) is 1. The molecule has 0 amide bonds. The van der Waals surface area contributed by atoms with Gasteiger partial charge in [-0.3, -0.25) is 4.79 Å². The van der Waals surface area contributed by atoms with E-state index in [1.54, 1.807) is 39.8 Å². The number of carbonyl (C=O) groups is 2. The molecule has 2 N–H and O–H groups in total. The first kappa shape index (κ1) is 23.5. The summed E-state index contributed by atoms with van der Waals surface area (Å²) < 4.78 is 11.0. The minimum Gasteiger partial charge on any atom is -0.457 e. The molecular formula is C23H34O6. The van der Waals surface area contributed by atoms with Crippen LogP contribution in [0.1, 0.15) is 66.7 Å². The highest BCUT2D eigenvalue weighted by Crippen LogP contribution is 2.50. The van der Waals surface area contributed by atoms with E-state index in [4.69, 9.17) is 9.47 Å². The Hall–Kier alpha value is -1.76. The number of aliphatic hydroxyl groups excluding tert-OH is 2. The molecule has 0 aromatic heterocycles. The molecular weight excluding hydrogens is 372 g/mol. The fraction of sp³-hybridized carbons (Fsp3) is 0.652. The van der Waals surface area contributed by atoms with Crippen molar-refractivity contribution in [2.75, 3.05) is 6.61 Å². The van der Waals surface area contributed by atoms with Crippen LogP contribution in [0.4, 0.5) is 0 Å². The number of rotatable bonds is 9. The molecule has 6 heteroatoms. The number of esters is 1. The molecule has 162 valence electrons. The number of ketones is 1. The third-order valence-electron chi connectivity index (χ3n) is 5.22. The van der Waals surface area contributed by atoms with Gasteiger partial charge in [0.05, 0.1) is 6.61 Å². The van der Waals surface area contributed by atoms with E-state index in [9.17, 15) is 19.8 Å². The van der Waals surface area contributed by atoms with Crippen LogP contribution in [-0.2, 0) is 19.1 Å². The molecule has 6 nitrogen and oxygen atoms in total. The summed E-state index contributed by atoms with van der Waals surface area (Å²) in [6, 6.07) is 0. The Balaban J connectivity index is 2.16. The van der Waals surface area contributed by atoms with Crippen LogP contribution < -0.4 is 0 Å². The largest absolute Gasteiger partial charge is 0.457 e. The number of hydrogen-bond acceptors (Lipinski definition) is 6. The van der Waals surface area contributed by atoms with Gasteiger partial charge in [-0.1, -0.05) is 38.0 Å². The van der Waals surface area contributed by atoms with E-state index in [0.29, 0.717) is 16.7 Å². The summed E-state index contributed by atoms with van der Waals surface area (Å²) in [7, 11) is 0. The van der Waals surface area contributed by atoms with Gasteiger partial charge in [-0.2, -0.15) is 0 Å². The van der Waals surface area contributed by atoms with Crippen LogP contribution >= 0.6 is 0 Å². The zero-order valence-electron chi connectivity index (χ0n) is 18.2.